The lowest BCUT2D eigenvalue weighted by atomic mass is 9.87. The molecule has 0 radical (unpaired) electrons. The highest BCUT2D eigenvalue weighted by Gasteiger charge is 2.34. The Labute approximate surface area is 102 Å². The first-order valence-corrected chi connectivity index (χ1v) is 6.09. The van der Waals surface area contributed by atoms with E-state index >= 15 is 0 Å². The van der Waals surface area contributed by atoms with Crippen LogP contribution in [0.25, 0.3) is 0 Å². The molecule has 3 heteroatoms. The molecule has 1 aliphatic carbocycles. The van der Waals surface area contributed by atoms with Crippen molar-refractivity contribution < 1.29 is 9.90 Å². The van der Waals surface area contributed by atoms with E-state index in [2.05, 4.69) is 19.2 Å². The van der Waals surface area contributed by atoms with Crippen molar-refractivity contribution in [1.29, 1.82) is 0 Å². The van der Waals surface area contributed by atoms with Gasteiger partial charge in [-0.2, -0.15) is 0 Å². The van der Waals surface area contributed by atoms with Crippen molar-refractivity contribution in [3.05, 3.63) is 29.8 Å². The fraction of sp³-hybridized carbons (Fsp3) is 0.500. The molecule has 0 bridgehead atoms. The number of anilines is 1. The molecule has 1 atom stereocenters. The number of carboxylic acid groups (broad SMARTS) is 1. The molecule has 0 aliphatic heterocycles. The van der Waals surface area contributed by atoms with Crippen LogP contribution in [0.1, 0.15) is 43.5 Å². The number of hydrogen-bond donors (Lipinski definition) is 2. The molecule has 2 N–H and O–H groups in total. The third kappa shape index (κ3) is 2.60. The Morgan fingerprint density at radius 2 is 2.00 bits per heavy atom. The van der Waals surface area contributed by atoms with Crippen molar-refractivity contribution in [3.63, 3.8) is 0 Å². The van der Waals surface area contributed by atoms with E-state index in [1.54, 1.807) is 12.1 Å². The van der Waals surface area contributed by atoms with E-state index in [0.29, 0.717) is 17.0 Å². The van der Waals surface area contributed by atoms with Gasteiger partial charge in [0.2, 0.25) is 0 Å². The van der Waals surface area contributed by atoms with Crippen LogP contribution in [0.2, 0.25) is 0 Å². The summed E-state index contributed by atoms with van der Waals surface area (Å²) >= 11 is 0. The summed E-state index contributed by atoms with van der Waals surface area (Å²) in [6.07, 6.45) is 3.70. The van der Waals surface area contributed by atoms with Crippen LogP contribution in [0.5, 0.6) is 0 Å². The largest absolute Gasteiger partial charge is 0.478 e. The van der Waals surface area contributed by atoms with Gasteiger partial charge in [-0.3, -0.25) is 0 Å². The fourth-order valence-corrected chi connectivity index (χ4v) is 2.50. The first-order chi connectivity index (χ1) is 7.99. The molecule has 1 fully saturated rings. The second-order valence-corrected chi connectivity index (χ2v) is 5.46. The van der Waals surface area contributed by atoms with Crippen LogP contribution in [0, 0.1) is 5.41 Å². The molecule has 0 heterocycles. The molecule has 1 aliphatic rings. The molecule has 3 nitrogen and oxygen atoms in total. The van der Waals surface area contributed by atoms with Crippen LogP contribution in [0.15, 0.2) is 24.3 Å². The van der Waals surface area contributed by atoms with Crippen LogP contribution >= 0.6 is 0 Å². The van der Waals surface area contributed by atoms with Crippen molar-refractivity contribution in [2.45, 2.75) is 39.2 Å². The zero-order valence-electron chi connectivity index (χ0n) is 10.4. The molecular weight excluding hydrogens is 214 g/mol. The van der Waals surface area contributed by atoms with E-state index < -0.39 is 5.97 Å². The van der Waals surface area contributed by atoms with Gasteiger partial charge in [-0.05, 0) is 42.5 Å². The van der Waals surface area contributed by atoms with Crippen LogP contribution in [0.3, 0.4) is 0 Å². The standard InChI is InChI=1S/C14H19NO2/c1-14(2)9-3-4-12(14)15-11-7-5-10(6-8-11)13(16)17/h5-8,12,15H,3-4,9H2,1-2H3,(H,16,17). The minimum atomic E-state index is -0.877. The van der Waals surface area contributed by atoms with Gasteiger partial charge in [-0.25, -0.2) is 4.79 Å². The van der Waals surface area contributed by atoms with Gasteiger partial charge in [0.25, 0.3) is 0 Å². The van der Waals surface area contributed by atoms with Gasteiger partial charge in [0.1, 0.15) is 0 Å². The summed E-state index contributed by atoms with van der Waals surface area (Å²) < 4.78 is 0. The predicted molar refractivity (Wildman–Crippen MR) is 68.4 cm³/mol. The highest BCUT2D eigenvalue weighted by atomic mass is 16.4. The molecule has 0 aromatic heterocycles. The highest BCUT2D eigenvalue weighted by molar-refractivity contribution is 5.88. The molecule has 1 aromatic carbocycles. The topological polar surface area (TPSA) is 49.3 Å². The summed E-state index contributed by atoms with van der Waals surface area (Å²) in [7, 11) is 0. The molecule has 17 heavy (non-hydrogen) atoms. The molecule has 0 spiro atoms. The molecule has 92 valence electrons. The lowest BCUT2D eigenvalue weighted by molar-refractivity contribution is 0.0697. The molecular formula is C14H19NO2. The van der Waals surface area contributed by atoms with Crippen LogP contribution in [-0.4, -0.2) is 17.1 Å². The SMILES string of the molecule is CC1(C)CCCC1Nc1ccc(C(=O)O)cc1. The van der Waals surface area contributed by atoms with Gasteiger partial charge < -0.3 is 10.4 Å². The maximum Gasteiger partial charge on any atom is 0.335 e. The predicted octanol–water partition coefficient (Wildman–Crippen LogP) is 3.38. The van der Waals surface area contributed by atoms with Crippen molar-refractivity contribution in [3.8, 4) is 0 Å². The zero-order chi connectivity index (χ0) is 12.5. The Morgan fingerprint density at radius 3 is 2.47 bits per heavy atom. The highest BCUT2D eigenvalue weighted by Crippen LogP contribution is 2.38. The van der Waals surface area contributed by atoms with E-state index in [1.165, 1.54) is 19.3 Å². The van der Waals surface area contributed by atoms with Gasteiger partial charge in [0, 0.05) is 11.7 Å². The molecule has 1 saturated carbocycles. The summed E-state index contributed by atoms with van der Waals surface area (Å²) in [6.45, 7) is 4.56. The third-order valence-electron chi connectivity index (χ3n) is 3.73. The number of benzene rings is 1. The first-order valence-electron chi connectivity index (χ1n) is 6.09. The van der Waals surface area contributed by atoms with E-state index in [4.69, 9.17) is 5.11 Å². The average Bonchev–Trinajstić information content (AvgIpc) is 2.59. The molecule has 1 unspecified atom stereocenters. The molecule has 0 saturated heterocycles. The monoisotopic (exact) mass is 233 g/mol. The Hall–Kier alpha value is -1.51. The summed E-state index contributed by atoms with van der Waals surface area (Å²) in [5.41, 5.74) is 1.67. The molecule has 0 amide bonds. The Kier molecular flexibility index (Phi) is 3.09. The quantitative estimate of drug-likeness (QED) is 0.841. The van der Waals surface area contributed by atoms with Crippen molar-refractivity contribution >= 4 is 11.7 Å². The van der Waals surface area contributed by atoms with Crippen molar-refractivity contribution in [2.75, 3.05) is 5.32 Å². The molecule has 2 rings (SSSR count). The summed E-state index contributed by atoms with van der Waals surface area (Å²) in [6, 6.07) is 7.47. The van der Waals surface area contributed by atoms with Gasteiger partial charge in [0.05, 0.1) is 5.56 Å². The van der Waals surface area contributed by atoms with Crippen molar-refractivity contribution in [1.82, 2.24) is 0 Å². The van der Waals surface area contributed by atoms with E-state index in [0.717, 1.165) is 5.69 Å². The number of nitrogens with one attached hydrogen (secondary N) is 1. The first kappa shape index (κ1) is 12.0. The Morgan fingerprint density at radius 1 is 1.35 bits per heavy atom. The number of hydrogen-bond acceptors (Lipinski definition) is 2. The number of rotatable bonds is 3. The Bertz CT molecular complexity index is 409. The minimum absolute atomic E-state index is 0.325. The second-order valence-electron chi connectivity index (χ2n) is 5.46. The van der Waals surface area contributed by atoms with Gasteiger partial charge in [0.15, 0.2) is 0 Å². The number of carbonyl (C=O) groups is 1. The third-order valence-corrected chi connectivity index (χ3v) is 3.73. The minimum Gasteiger partial charge on any atom is -0.478 e. The maximum atomic E-state index is 10.7. The normalized spacial score (nSPS) is 22.4. The molecule has 1 aromatic rings. The zero-order valence-corrected chi connectivity index (χ0v) is 10.4. The summed E-state index contributed by atoms with van der Waals surface area (Å²) in [5, 5.41) is 12.3. The van der Waals surface area contributed by atoms with Crippen molar-refractivity contribution in [2.24, 2.45) is 5.41 Å². The van der Waals surface area contributed by atoms with Crippen LogP contribution in [-0.2, 0) is 0 Å². The van der Waals surface area contributed by atoms with E-state index in [1.807, 2.05) is 12.1 Å². The van der Waals surface area contributed by atoms with Crippen LogP contribution in [0.4, 0.5) is 5.69 Å². The van der Waals surface area contributed by atoms with Gasteiger partial charge in [-0.15, -0.1) is 0 Å². The van der Waals surface area contributed by atoms with E-state index in [9.17, 15) is 4.79 Å². The maximum absolute atomic E-state index is 10.7. The summed E-state index contributed by atoms with van der Waals surface area (Å²) in [5.74, 6) is -0.877. The number of aromatic carboxylic acids is 1. The van der Waals surface area contributed by atoms with Gasteiger partial charge in [-0.1, -0.05) is 20.3 Å². The lowest BCUT2D eigenvalue weighted by Gasteiger charge is -2.28. The van der Waals surface area contributed by atoms with Gasteiger partial charge >= 0.3 is 5.97 Å². The average molecular weight is 233 g/mol. The smallest absolute Gasteiger partial charge is 0.335 e. The second kappa shape index (κ2) is 4.40. The Balaban J connectivity index is 2.06. The van der Waals surface area contributed by atoms with E-state index in [-0.39, 0.29) is 0 Å². The van der Waals surface area contributed by atoms with Crippen LogP contribution < -0.4 is 5.32 Å². The lowest BCUT2D eigenvalue weighted by Crippen LogP contribution is -2.30. The summed E-state index contributed by atoms with van der Waals surface area (Å²) in [4.78, 5) is 10.7. The number of carboxylic acids is 1. The fourth-order valence-electron chi connectivity index (χ4n) is 2.50.